The van der Waals surface area contributed by atoms with Crippen LogP contribution in [0.4, 0.5) is 0 Å². The standard InChI is InChI=1S/C28H31Cl2N3O2/c1-19-24(26(35-32-19)25-22(29)10-7-11-23(25)30)27(34)31-21-12-14-28(15-13-21,33-16-5-6-17-33)18-20-8-3-2-4-9-20/h2-4,7-11,21H,5-6,12-18H2,1H3,(H,31,34). The van der Waals surface area contributed by atoms with Crippen molar-refractivity contribution >= 4 is 29.1 Å². The Morgan fingerprint density at radius 3 is 2.37 bits per heavy atom. The van der Waals surface area contributed by atoms with Crippen molar-refractivity contribution in [1.82, 2.24) is 15.4 Å². The molecule has 2 fully saturated rings. The van der Waals surface area contributed by atoms with Crippen LogP contribution in [0.5, 0.6) is 0 Å². The monoisotopic (exact) mass is 511 g/mol. The molecule has 2 heterocycles. The first kappa shape index (κ1) is 24.4. The summed E-state index contributed by atoms with van der Waals surface area (Å²) in [6.07, 6.45) is 7.64. The normalized spacial score (nSPS) is 22.9. The molecule has 2 aliphatic rings. The zero-order valence-corrected chi connectivity index (χ0v) is 21.5. The average molecular weight is 512 g/mol. The van der Waals surface area contributed by atoms with Gasteiger partial charge in [0.25, 0.3) is 5.91 Å². The van der Waals surface area contributed by atoms with Gasteiger partial charge in [-0.1, -0.05) is 64.8 Å². The van der Waals surface area contributed by atoms with Crippen LogP contribution in [0.1, 0.15) is 60.1 Å². The van der Waals surface area contributed by atoms with Crippen LogP contribution in [0.2, 0.25) is 10.0 Å². The predicted octanol–water partition coefficient (Wildman–Crippen LogP) is 6.71. The van der Waals surface area contributed by atoms with Crippen molar-refractivity contribution in [3.8, 4) is 11.3 Å². The van der Waals surface area contributed by atoms with E-state index in [1.165, 1.54) is 31.5 Å². The van der Waals surface area contributed by atoms with Crippen molar-refractivity contribution in [2.75, 3.05) is 13.1 Å². The molecule has 1 N–H and O–H groups in total. The molecule has 1 aliphatic heterocycles. The Kier molecular flexibility index (Phi) is 7.19. The highest BCUT2D eigenvalue weighted by Crippen LogP contribution is 2.40. The molecule has 1 amide bonds. The Balaban J connectivity index is 1.32. The fraction of sp³-hybridized carbons (Fsp3) is 0.429. The van der Waals surface area contributed by atoms with E-state index in [1.807, 2.05) is 0 Å². The highest BCUT2D eigenvalue weighted by atomic mass is 35.5. The van der Waals surface area contributed by atoms with Gasteiger partial charge in [0.05, 0.1) is 21.3 Å². The summed E-state index contributed by atoms with van der Waals surface area (Å²) in [5.74, 6) is 0.137. The molecule has 0 radical (unpaired) electrons. The second-order valence-corrected chi connectivity index (χ2v) is 10.7. The number of nitrogens with zero attached hydrogens (tertiary/aromatic N) is 2. The van der Waals surface area contributed by atoms with Gasteiger partial charge in [0.1, 0.15) is 5.56 Å². The maximum atomic E-state index is 13.4. The zero-order valence-electron chi connectivity index (χ0n) is 20.0. The molecule has 35 heavy (non-hydrogen) atoms. The fourth-order valence-corrected chi connectivity index (χ4v) is 6.42. The minimum Gasteiger partial charge on any atom is -0.355 e. The highest BCUT2D eigenvalue weighted by molar-refractivity contribution is 6.39. The molecule has 7 heteroatoms. The number of rotatable bonds is 6. The van der Waals surface area contributed by atoms with Gasteiger partial charge in [-0.15, -0.1) is 0 Å². The van der Waals surface area contributed by atoms with Gasteiger partial charge in [0, 0.05) is 11.6 Å². The molecule has 0 unspecified atom stereocenters. The summed E-state index contributed by atoms with van der Waals surface area (Å²) < 4.78 is 5.53. The number of aromatic nitrogens is 1. The summed E-state index contributed by atoms with van der Waals surface area (Å²) in [4.78, 5) is 16.1. The Bertz CT molecular complexity index is 1160. The van der Waals surface area contributed by atoms with Crippen LogP contribution in [0, 0.1) is 6.92 Å². The Hall–Kier alpha value is -2.34. The molecular weight excluding hydrogens is 481 g/mol. The fourth-order valence-electron chi connectivity index (χ4n) is 5.85. The lowest BCUT2D eigenvalue weighted by molar-refractivity contribution is 0.0594. The molecule has 3 aromatic rings. The highest BCUT2D eigenvalue weighted by Gasteiger charge is 2.41. The molecule has 1 aliphatic carbocycles. The van der Waals surface area contributed by atoms with Gasteiger partial charge < -0.3 is 9.84 Å². The van der Waals surface area contributed by atoms with Crippen LogP contribution in [-0.4, -0.2) is 40.6 Å². The second kappa shape index (κ2) is 10.3. The van der Waals surface area contributed by atoms with E-state index >= 15 is 0 Å². The Morgan fingerprint density at radius 2 is 1.71 bits per heavy atom. The quantitative estimate of drug-likeness (QED) is 0.399. The molecule has 184 valence electrons. The third-order valence-electron chi connectivity index (χ3n) is 7.68. The largest absolute Gasteiger partial charge is 0.355 e. The van der Waals surface area contributed by atoms with Crippen molar-refractivity contribution in [2.24, 2.45) is 0 Å². The smallest absolute Gasteiger partial charge is 0.257 e. The molecule has 2 aromatic carbocycles. The van der Waals surface area contributed by atoms with Crippen LogP contribution in [0.25, 0.3) is 11.3 Å². The molecule has 5 nitrogen and oxygen atoms in total. The number of halogens is 2. The van der Waals surface area contributed by atoms with E-state index in [0.717, 1.165) is 32.1 Å². The van der Waals surface area contributed by atoms with E-state index in [0.29, 0.717) is 32.6 Å². The summed E-state index contributed by atoms with van der Waals surface area (Å²) in [7, 11) is 0. The van der Waals surface area contributed by atoms with Crippen molar-refractivity contribution < 1.29 is 9.32 Å². The van der Waals surface area contributed by atoms with E-state index in [-0.39, 0.29) is 17.5 Å². The number of likely N-dealkylation sites (tertiary alicyclic amines) is 1. The van der Waals surface area contributed by atoms with Crippen LogP contribution < -0.4 is 5.32 Å². The third kappa shape index (κ3) is 5.00. The van der Waals surface area contributed by atoms with E-state index in [1.54, 1.807) is 25.1 Å². The topological polar surface area (TPSA) is 58.4 Å². The van der Waals surface area contributed by atoms with E-state index in [2.05, 4.69) is 45.7 Å². The number of carbonyl (C=O) groups excluding carboxylic acids is 1. The van der Waals surface area contributed by atoms with Gasteiger partial charge in [-0.2, -0.15) is 0 Å². The summed E-state index contributed by atoms with van der Waals surface area (Å²) >= 11 is 12.8. The molecule has 0 atom stereocenters. The number of hydrogen-bond acceptors (Lipinski definition) is 4. The van der Waals surface area contributed by atoms with Crippen molar-refractivity contribution in [2.45, 2.75) is 63.5 Å². The lowest BCUT2D eigenvalue weighted by atomic mass is 9.74. The maximum absolute atomic E-state index is 13.4. The molecular formula is C28H31Cl2N3O2. The lowest BCUT2D eigenvalue weighted by Crippen LogP contribution is -2.54. The summed E-state index contributed by atoms with van der Waals surface area (Å²) in [5.41, 5.74) is 2.99. The second-order valence-electron chi connectivity index (χ2n) is 9.90. The average Bonchev–Trinajstić information content (AvgIpc) is 3.52. The van der Waals surface area contributed by atoms with Crippen LogP contribution in [0.3, 0.4) is 0 Å². The van der Waals surface area contributed by atoms with Gasteiger partial charge in [-0.25, -0.2) is 0 Å². The summed E-state index contributed by atoms with van der Waals surface area (Å²) in [5, 5.41) is 8.17. The molecule has 5 rings (SSSR count). The lowest BCUT2D eigenvalue weighted by Gasteiger charge is -2.47. The van der Waals surface area contributed by atoms with Gasteiger partial charge in [-0.3, -0.25) is 9.69 Å². The molecule has 0 bridgehead atoms. The van der Waals surface area contributed by atoms with Crippen molar-refractivity contribution in [3.05, 3.63) is 75.4 Å². The van der Waals surface area contributed by atoms with E-state index in [9.17, 15) is 4.79 Å². The number of carbonyl (C=O) groups is 1. The van der Waals surface area contributed by atoms with E-state index in [4.69, 9.17) is 27.7 Å². The molecule has 0 spiro atoms. The SMILES string of the molecule is Cc1noc(-c2c(Cl)cccc2Cl)c1C(=O)NC1CCC(Cc2ccccc2)(N2CCCC2)CC1. The number of benzene rings is 2. The maximum Gasteiger partial charge on any atom is 0.257 e. The number of amides is 1. The van der Waals surface area contributed by atoms with Gasteiger partial charge >= 0.3 is 0 Å². The van der Waals surface area contributed by atoms with Crippen molar-refractivity contribution in [1.29, 1.82) is 0 Å². The summed E-state index contributed by atoms with van der Waals surface area (Å²) in [6, 6.07) is 16.1. The number of hydrogen-bond donors (Lipinski definition) is 1. The predicted molar refractivity (Wildman–Crippen MR) is 140 cm³/mol. The van der Waals surface area contributed by atoms with Crippen LogP contribution in [0.15, 0.2) is 53.1 Å². The van der Waals surface area contributed by atoms with Crippen LogP contribution in [-0.2, 0) is 6.42 Å². The molecule has 1 aromatic heterocycles. The number of nitrogens with one attached hydrogen (secondary N) is 1. The third-order valence-corrected chi connectivity index (χ3v) is 8.31. The van der Waals surface area contributed by atoms with Crippen LogP contribution >= 0.6 is 23.2 Å². The van der Waals surface area contributed by atoms with Gasteiger partial charge in [-0.05, 0) is 82.7 Å². The first-order valence-electron chi connectivity index (χ1n) is 12.5. The Labute approximate surface area is 216 Å². The zero-order chi connectivity index (χ0) is 24.4. The van der Waals surface area contributed by atoms with Gasteiger partial charge in [0.2, 0.25) is 0 Å². The summed E-state index contributed by atoms with van der Waals surface area (Å²) in [6.45, 7) is 4.11. The van der Waals surface area contributed by atoms with Gasteiger partial charge in [0.15, 0.2) is 5.76 Å². The first-order valence-corrected chi connectivity index (χ1v) is 13.2. The molecule has 1 saturated carbocycles. The first-order chi connectivity index (χ1) is 17.0. The molecule has 1 saturated heterocycles. The van der Waals surface area contributed by atoms with Crippen molar-refractivity contribution in [3.63, 3.8) is 0 Å². The minimum atomic E-state index is -0.184. The Morgan fingerprint density at radius 1 is 1.06 bits per heavy atom. The number of aryl methyl sites for hydroxylation is 1. The van der Waals surface area contributed by atoms with E-state index < -0.39 is 0 Å². The minimum absolute atomic E-state index is 0.109.